The third-order valence-electron chi connectivity index (χ3n) is 2.48. The summed E-state index contributed by atoms with van der Waals surface area (Å²) in [6.45, 7) is 0. The van der Waals surface area contributed by atoms with Gasteiger partial charge in [0.25, 0.3) is 5.91 Å². The third-order valence-corrected chi connectivity index (χ3v) is 3.21. The van der Waals surface area contributed by atoms with Gasteiger partial charge in [0, 0.05) is 5.56 Å². The van der Waals surface area contributed by atoms with Crippen molar-refractivity contribution >= 4 is 17.4 Å². The molecule has 3 N–H and O–H groups in total. The molecular weight excluding hydrogens is 268 g/mol. The highest BCUT2D eigenvalue weighted by molar-refractivity contribution is 7.08. The van der Waals surface area contributed by atoms with Crippen LogP contribution in [0.25, 0.3) is 11.3 Å². The molecule has 0 bridgehead atoms. The highest BCUT2D eigenvalue weighted by Crippen LogP contribution is 2.33. The van der Waals surface area contributed by atoms with Crippen molar-refractivity contribution in [2.75, 3.05) is 14.2 Å². The van der Waals surface area contributed by atoms with Gasteiger partial charge in [-0.1, -0.05) is 4.49 Å². The largest absolute Gasteiger partial charge is 0.493 e. The van der Waals surface area contributed by atoms with E-state index in [1.807, 2.05) is 0 Å². The SMILES string of the molecule is COc1ccc(-c2nnsc2C(=O)NN)cc1OC. The molecule has 1 aromatic carbocycles. The predicted octanol–water partition coefficient (Wildman–Crippen LogP) is 0.826. The van der Waals surface area contributed by atoms with Crippen molar-refractivity contribution < 1.29 is 14.3 Å². The number of ether oxygens (including phenoxy) is 2. The Balaban J connectivity index is 2.48. The molecule has 1 amide bonds. The maximum atomic E-state index is 11.6. The van der Waals surface area contributed by atoms with E-state index < -0.39 is 5.91 Å². The van der Waals surface area contributed by atoms with Gasteiger partial charge in [-0.15, -0.1) is 5.10 Å². The normalized spacial score (nSPS) is 10.1. The first kappa shape index (κ1) is 13.2. The lowest BCUT2D eigenvalue weighted by Gasteiger charge is -2.08. The van der Waals surface area contributed by atoms with Gasteiger partial charge in [-0.2, -0.15) is 0 Å². The van der Waals surface area contributed by atoms with Crippen LogP contribution in [0, 0.1) is 0 Å². The number of methoxy groups -OCH3 is 2. The molecule has 7 nitrogen and oxygen atoms in total. The molecular formula is C11H12N4O3S. The topological polar surface area (TPSA) is 99.4 Å². The highest BCUT2D eigenvalue weighted by Gasteiger charge is 2.18. The Morgan fingerprint density at radius 3 is 2.68 bits per heavy atom. The molecule has 2 aromatic rings. The number of hydrogen-bond acceptors (Lipinski definition) is 7. The number of nitrogens with one attached hydrogen (secondary N) is 1. The van der Waals surface area contributed by atoms with Gasteiger partial charge < -0.3 is 9.47 Å². The summed E-state index contributed by atoms with van der Waals surface area (Å²) in [6, 6.07) is 5.23. The van der Waals surface area contributed by atoms with Gasteiger partial charge in [0.15, 0.2) is 11.5 Å². The molecule has 0 saturated heterocycles. The van der Waals surface area contributed by atoms with Crippen LogP contribution >= 0.6 is 11.5 Å². The average molecular weight is 280 g/mol. The second kappa shape index (κ2) is 5.63. The van der Waals surface area contributed by atoms with E-state index in [2.05, 4.69) is 15.0 Å². The number of nitrogens with two attached hydrogens (primary N) is 1. The average Bonchev–Trinajstić information content (AvgIpc) is 2.95. The van der Waals surface area contributed by atoms with Crippen LogP contribution in [0.4, 0.5) is 0 Å². The minimum absolute atomic E-state index is 0.342. The fourth-order valence-corrected chi connectivity index (χ4v) is 2.17. The Labute approximate surface area is 113 Å². The Hall–Kier alpha value is -2.19. The first-order chi connectivity index (χ1) is 9.21. The second-order valence-electron chi connectivity index (χ2n) is 3.49. The van der Waals surface area contributed by atoms with E-state index in [-0.39, 0.29) is 0 Å². The van der Waals surface area contributed by atoms with E-state index in [9.17, 15) is 4.79 Å². The van der Waals surface area contributed by atoms with E-state index in [1.54, 1.807) is 25.3 Å². The Morgan fingerprint density at radius 2 is 2.05 bits per heavy atom. The van der Waals surface area contributed by atoms with Crippen molar-refractivity contribution in [2.45, 2.75) is 0 Å². The predicted molar refractivity (Wildman–Crippen MR) is 70.1 cm³/mol. The van der Waals surface area contributed by atoms with Gasteiger partial charge in [0.05, 0.1) is 14.2 Å². The molecule has 1 heterocycles. The van der Waals surface area contributed by atoms with Crippen molar-refractivity contribution in [1.29, 1.82) is 0 Å². The van der Waals surface area contributed by atoms with Crippen molar-refractivity contribution in [1.82, 2.24) is 15.0 Å². The van der Waals surface area contributed by atoms with Gasteiger partial charge in [-0.05, 0) is 29.7 Å². The van der Waals surface area contributed by atoms with Crippen LogP contribution in [0.3, 0.4) is 0 Å². The zero-order chi connectivity index (χ0) is 13.8. The summed E-state index contributed by atoms with van der Waals surface area (Å²) in [5.74, 6) is 5.83. The van der Waals surface area contributed by atoms with Gasteiger partial charge in [-0.25, -0.2) is 5.84 Å². The van der Waals surface area contributed by atoms with E-state index in [0.717, 1.165) is 11.5 Å². The minimum Gasteiger partial charge on any atom is -0.493 e. The van der Waals surface area contributed by atoms with Crippen LogP contribution in [0.5, 0.6) is 11.5 Å². The molecule has 0 aliphatic heterocycles. The van der Waals surface area contributed by atoms with Crippen molar-refractivity contribution in [2.24, 2.45) is 5.84 Å². The maximum absolute atomic E-state index is 11.6. The molecule has 0 saturated carbocycles. The number of amides is 1. The van der Waals surface area contributed by atoms with Crippen molar-refractivity contribution in [3.63, 3.8) is 0 Å². The molecule has 0 unspecified atom stereocenters. The van der Waals surface area contributed by atoms with Crippen LogP contribution in [-0.4, -0.2) is 29.7 Å². The third kappa shape index (κ3) is 2.49. The molecule has 0 radical (unpaired) electrons. The van der Waals surface area contributed by atoms with Crippen LogP contribution in [-0.2, 0) is 0 Å². The highest BCUT2D eigenvalue weighted by atomic mass is 32.1. The fraction of sp³-hybridized carbons (Fsp3) is 0.182. The zero-order valence-electron chi connectivity index (χ0n) is 10.3. The number of nitrogens with zero attached hydrogens (tertiary/aromatic N) is 2. The first-order valence-electron chi connectivity index (χ1n) is 5.27. The standard InChI is InChI=1S/C11H12N4O3S/c1-17-7-4-3-6(5-8(7)18-2)9-10(11(16)13-12)19-15-14-9/h3-5H,12H2,1-2H3,(H,13,16). The molecule has 0 atom stereocenters. The number of carbonyl (C=O) groups excluding carboxylic acids is 1. The first-order valence-corrected chi connectivity index (χ1v) is 6.04. The van der Waals surface area contributed by atoms with E-state index >= 15 is 0 Å². The number of rotatable bonds is 4. The Morgan fingerprint density at radius 1 is 1.32 bits per heavy atom. The van der Waals surface area contributed by atoms with Crippen LogP contribution < -0.4 is 20.7 Å². The van der Waals surface area contributed by atoms with Gasteiger partial charge in [0.2, 0.25) is 0 Å². The molecule has 8 heteroatoms. The second-order valence-corrected chi connectivity index (χ2v) is 4.25. The van der Waals surface area contributed by atoms with Crippen molar-refractivity contribution in [3.8, 4) is 22.8 Å². The molecule has 0 aliphatic carbocycles. The number of nitrogen functional groups attached to an aromatic ring is 1. The monoisotopic (exact) mass is 280 g/mol. The van der Waals surface area contributed by atoms with Gasteiger partial charge in [-0.3, -0.25) is 10.2 Å². The summed E-state index contributed by atoms with van der Waals surface area (Å²) in [5, 5.41) is 3.94. The summed E-state index contributed by atoms with van der Waals surface area (Å²) < 4.78 is 14.1. The number of hydrazine groups is 1. The molecule has 0 spiro atoms. The van der Waals surface area contributed by atoms with E-state index in [0.29, 0.717) is 27.6 Å². The smallest absolute Gasteiger partial charge is 0.279 e. The summed E-state index contributed by atoms with van der Waals surface area (Å²) in [6.07, 6.45) is 0. The van der Waals surface area contributed by atoms with Gasteiger partial charge >= 0.3 is 0 Å². The number of carbonyl (C=O) groups is 1. The van der Waals surface area contributed by atoms with Crippen LogP contribution in [0.15, 0.2) is 18.2 Å². The molecule has 19 heavy (non-hydrogen) atoms. The van der Waals surface area contributed by atoms with Crippen LogP contribution in [0.2, 0.25) is 0 Å². The molecule has 2 rings (SSSR count). The summed E-state index contributed by atoms with van der Waals surface area (Å²) in [4.78, 5) is 11.9. The fourth-order valence-electron chi connectivity index (χ4n) is 1.58. The lowest BCUT2D eigenvalue weighted by molar-refractivity contribution is 0.0958. The van der Waals surface area contributed by atoms with Crippen molar-refractivity contribution in [3.05, 3.63) is 23.1 Å². The Bertz CT molecular complexity index is 599. The van der Waals surface area contributed by atoms with E-state index in [1.165, 1.54) is 7.11 Å². The quantitative estimate of drug-likeness (QED) is 0.489. The summed E-state index contributed by atoms with van der Waals surface area (Å²) >= 11 is 0.975. The van der Waals surface area contributed by atoms with Crippen LogP contribution in [0.1, 0.15) is 9.67 Å². The number of benzene rings is 1. The molecule has 1 aromatic heterocycles. The lowest BCUT2D eigenvalue weighted by Crippen LogP contribution is -2.29. The summed E-state index contributed by atoms with van der Waals surface area (Å²) in [5.41, 5.74) is 3.22. The lowest BCUT2D eigenvalue weighted by atomic mass is 10.1. The molecule has 100 valence electrons. The number of hydrogen-bond donors (Lipinski definition) is 2. The maximum Gasteiger partial charge on any atom is 0.279 e. The Kier molecular flexibility index (Phi) is 3.93. The summed E-state index contributed by atoms with van der Waals surface area (Å²) in [7, 11) is 3.09. The van der Waals surface area contributed by atoms with Gasteiger partial charge in [0.1, 0.15) is 10.6 Å². The number of aromatic nitrogens is 2. The zero-order valence-corrected chi connectivity index (χ0v) is 11.2. The van der Waals surface area contributed by atoms with E-state index in [4.69, 9.17) is 15.3 Å². The minimum atomic E-state index is -0.431. The molecule has 0 aliphatic rings. The molecule has 0 fully saturated rings.